The van der Waals surface area contributed by atoms with Gasteiger partial charge < -0.3 is 20.1 Å². The van der Waals surface area contributed by atoms with E-state index in [2.05, 4.69) is 56.0 Å². The number of methoxy groups -OCH3 is 1. The monoisotopic (exact) mass is 522 g/mol. The average molecular weight is 523 g/mol. The van der Waals surface area contributed by atoms with Crippen LogP contribution in [-0.2, 0) is 32.1 Å². The summed E-state index contributed by atoms with van der Waals surface area (Å²) in [6, 6.07) is 16.6. The molecule has 8 heteroatoms. The van der Waals surface area contributed by atoms with E-state index in [-0.39, 0.29) is 24.5 Å². The second-order valence-electron chi connectivity index (χ2n) is 10.4. The Morgan fingerprint density at radius 2 is 1.46 bits per heavy atom. The lowest BCUT2D eigenvalue weighted by Gasteiger charge is -2.31. The van der Waals surface area contributed by atoms with Crippen molar-refractivity contribution in [1.82, 2.24) is 10.6 Å². The number of nitrogens with one attached hydrogen (secondary N) is 2. The molecule has 0 aromatic heterocycles. The predicted octanol–water partition coefficient (Wildman–Crippen LogP) is 4.62. The highest BCUT2D eigenvalue weighted by molar-refractivity contribution is 6.87. The maximum Gasteiger partial charge on any atom is 0.408 e. The zero-order chi connectivity index (χ0) is 27.5. The SMILES string of the molecule is COC(=O)[C@H](CC#C[Si](C)(C)C(C)(C)C)NC(=O)[C@@H](Cc1ccccc1)NC(=O)OCc1ccccc1. The van der Waals surface area contributed by atoms with E-state index in [1.54, 1.807) is 0 Å². The molecule has 0 heterocycles. The molecule has 37 heavy (non-hydrogen) atoms. The molecule has 7 nitrogen and oxygen atoms in total. The van der Waals surface area contributed by atoms with Gasteiger partial charge in [-0.25, -0.2) is 9.59 Å². The first-order valence-corrected chi connectivity index (χ1v) is 15.3. The van der Waals surface area contributed by atoms with Gasteiger partial charge in [0.15, 0.2) is 0 Å². The largest absolute Gasteiger partial charge is 0.467 e. The molecule has 0 saturated heterocycles. The Hall–Kier alpha value is -3.57. The zero-order valence-corrected chi connectivity index (χ0v) is 23.6. The summed E-state index contributed by atoms with van der Waals surface area (Å²) in [5, 5.41) is 5.43. The maximum atomic E-state index is 13.3. The van der Waals surface area contributed by atoms with Crippen molar-refractivity contribution in [1.29, 1.82) is 0 Å². The van der Waals surface area contributed by atoms with Gasteiger partial charge in [-0.15, -0.1) is 11.5 Å². The Morgan fingerprint density at radius 1 is 0.892 bits per heavy atom. The summed E-state index contributed by atoms with van der Waals surface area (Å²) in [5.74, 6) is 1.99. The quantitative estimate of drug-likeness (QED) is 0.285. The zero-order valence-electron chi connectivity index (χ0n) is 22.6. The first-order chi connectivity index (χ1) is 17.4. The molecule has 2 aromatic rings. The molecule has 2 atom stereocenters. The molecule has 0 fully saturated rings. The van der Waals surface area contributed by atoms with Crippen LogP contribution in [0.15, 0.2) is 60.7 Å². The number of ether oxygens (including phenoxy) is 2. The van der Waals surface area contributed by atoms with E-state index < -0.39 is 38.1 Å². The highest BCUT2D eigenvalue weighted by atomic mass is 28.3. The normalized spacial score (nSPS) is 12.8. The van der Waals surface area contributed by atoms with Crippen LogP contribution in [0.4, 0.5) is 4.79 Å². The van der Waals surface area contributed by atoms with E-state index in [4.69, 9.17) is 9.47 Å². The highest BCUT2D eigenvalue weighted by Crippen LogP contribution is 2.35. The minimum absolute atomic E-state index is 0.0643. The molecular formula is C29H38N2O5Si. The van der Waals surface area contributed by atoms with Crippen LogP contribution in [-0.4, -0.2) is 45.2 Å². The first-order valence-electron chi connectivity index (χ1n) is 12.3. The summed E-state index contributed by atoms with van der Waals surface area (Å²) >= 11 is 0. The van der Waals surface area contributed by atoms with Crippen molar-refractivity contribution in [2.24, 2.45) is 0 Å². The van der Waals surface area contributed by atoms with Gasteiger partial charge in [0.25, 0.3) is 0 Å². The Balaban J connectivity index is 2.15. The number of rotatable bonds is 9. The summed E-state index contributed by atoms with van der Waals surface area (Å²) in [6.07, 6.45) is -0.398. The van der Waals surface area contributed by atoms with Crippen LogP contribution in [0.5, 0.6) is 0 Å². The molecule has 0 aliphatic carbocycles. The molecule has 2 aromatic carbocycles. The minimum Gasteiger partial charge on any atom is -0.467 e. The number of benzene rings is 2. The van der Waals surface area contributed by atoms with E-state index in [1.165, 1.54) is 7.11 Å². The van der Waals surface area contributed by atoms with Gasteiger partial charge >= 0.3 is 12.1 Å². The third-order valence-electron chi connectivity index (χ3n) is 6.49. The Morgan fingerprint density at radius 3 is 2.00 bits per heavy atom. The van der Waals surface area contributed by atoms with Crippen LogP contribution in [0.25, 0.3) is 0 Å². The van der Waals surface area contributed by atoms with Crippen LogP contribution in [0, 0.1) is 11.5 Å². The van der Waals surface area contributed by atoms with Crippen molar-refractivity contribution in [2.45, 2.75) is 70.4 Å². The summed E-state index contributed by atoms with van der Waals surface area (Å²) in [7, 11) is -0.621. The number of hydrogen-bond acceptors (Lipinski definition) is 5. The fourth-order valence-corrected chi connectivity index (χ4v) is 4.05. The standard InChI is InChI=1S/C29H38N2O5Si/c1-29(2,3)37(5,6)19-13-18-24(27(33)35-4)30-26(32)25(20-22-14-9-7-10-15-22)31-28(34)36-21-23-16-11-8-12-17-23/h7-12,14-17,24-25H,18,20-21H2,1-6H3,(H,30,32)(H,31,34)/t24-,25+/m0/s1. The molecule has 198 valence electrons. The second-order valence-corrected chi connectivity index (χ2v) is 15.4. The lowest BCUT2D eigenvalue weighted by atomic mass is 10.0. The van der Waals surface area contributed by atoms with Crippen molar-refractivity contribution in [3.05, 3.63) is 71.8 Å². The summed E-state index contributed by atoms with van der Waals surface area (Å²) in [4.78, 5) is 38.3. The van der Waals surface area contributed by atoms with E-state index in [0.717, 1.165) is 11.1 Å². The summed E-state index contributed by atoms with van der Waals surface area (Å²) in [5.41, 5.74) is 5.03. The number of amides is 2. The number of alkyl carbamates (subject to hydrolysis) is 1. The molecule has 0 bridgehead atoms. The van der Waals surface area contributed by atoms with Crippen molar-refractivity contribution < 1.29 is 23.9 Å². The Bertz CT molecular complexity index is 1100. The van der Waals surface area contributed by atoms with Crippen LogP contribution in [0.3, 0.4) is 0 Å². The van der Waals surface area contributed by atoms with Gasteiger partial charge in [-0.3, -0.25) is 4.79 Å². The van der Waals surface area contributed by atoms with Gasteiger partial charge in [-0.2, -0.15) is 0 Å². The summed E-state index contributed by atoms with van der Waals surface area (Å²) in [6.45, 7) is 10.9. The Kier molecular flexibility index (Phi) is 10.9. The van der Waals surface area contributed by atoms with Crippen LogP contribution in [0.2, 0.25) is 18.1 Å². The second kappa shape index (κ2) is 13.7. The molecule has 0 unspecified atom stereocenters. The highest BCUT2D eigenvalue weighted by Gasteiger charge is 2.34. The molecule has 2 N–H and O–H groups in total. The molecule has 0 radical (unpaired) electrons. The van der Waals surface area contributed by atoms with Gasteiger partial charge in [-0.1, -0.05) is 94.5 Å². The van der Waals surface area contributed by atoms with Gasteiger partial charge in [0.1, 0.15) is 26.8 Å². The number of esters is 1. The predicted molar refractivity (Wildman–Crippen MR) is 147 cm³/mol. The molecule has 0 saturated carbocycles. The fraction of sp³-hybridized carbons (Fsp3) is 0.414. The third-order valence-corrected chi connectivity index (χ3v) is 11.0. The van der Waals surface area contributed by atoms with Gasteiger partial charge in [0.2, 0.25) is 5.91 Å². The van der Waals surface area contributed by atoms with Gasteiger partial charge in [0, 0.05) is 12.8 Å². The first kappa shape index (κ1) is 29.7. The molecule has 2 rings (SSSR count). The molecule has 0 aliphatic heterocycles. The van der Waals surface area contributed by atoms with E-state index in [9.17, 15) is 14.4 Å². The van der Waals surface area contributed by atoms with E-state index in [1.807, 2.05) is 60.7 Å². The number of carbonyl (C=O) groups excluding carboxylic acids is 3. The van der Waals surface area contributed by atoms with Crippen LogP contribution in [0.1, 0.15) is 38.3 Å². The van der Waals surface area contributed by atoms with Gasteiger partial charge in [-0.05, 0) is 16.2 Å². The summed E-state index contributed by atoms with van der Waals surface area (Å²) < 4.78 is 10.2. The fourth-order valence-electron chi connectivity index (χ4n) is 3.14. The molecular weight excluding hydrogens is 484 g/mol. The van der Waals surface area contributed by atoms with Crippen LogP contribution >= 0.6 is 0 Å². The third kappa shape index (κ3) is 9.77. The lowest BCUT2D eigenvalue weighted by molar-refractivity contribution is -0.145. The number of hydrogen-bond donors (Lipinski definition) is 2. The average Bonchev–Trinajstić information content (AvgIpc) is 2.86. The molecule has 0 spiro atoms. The molecule has 0 aliphatic rings. The maximum absolute atomic E-state index is 13.3. The van der Waals surface area contributed by atoms with E-state index >= 15 is 0 Å². The van der Waals surface area contributed by atoms with Crippen molar-refractivity contribution >= 4 is 26.0 Å². The Labute approximate surface area is 221 Å². The van der Waals surface area contributed by atoms with Crippen molar-refractivity contribution in [3.8, 4) is 11.5 Å². The van der Waals surface area contributed by atoms with Crippen LogP contribution < -0.4 is 10.6 Å². The van der Waals surface area contributed by atoms with Gasteiger partial charge in [0.05, 0.1) is 7.11 Å². The number of carbonyl (C=O) groups is 3. The van der Waals surface area contributed by atoms with Crippen molar-refractivity contribution in [3.63, 3.8) is 0 Å². The minimum atomic E-state index is -1.89. The smallest absolute Gasteiger partial charge is 0.408 e. The topological polar surface area (TPSA) is 93.7 Å². The molecule has 2 amide bonds. The van der Waals surface area contributed by atoms with Crippen molar-refractivity contribution in [2.75, 3.05) is 7.11 Å². The lowest BCUT2D eigenvalue weighted by Crippen LogP contribution is -2.52. The van der Waals surface area contributed by atoms with E-state index in [0.29, 0.717) is 0 Å².